The van der Waals surface area contributed by atoms with Crippen molar-refractivity contribution in [1.29, 1.82) is 0 Å². The predicted molar refractivity (Wildman–Crippen MR) is 111 cm³/mol. The van der Waals surface area contributed by atoms with E-state index in [0.717, 1.165) is 11.1 Å². The number of nitrogens with one attached hydrogen (secondary N) is 1. The third-order valence-corrected chi connectivity index (χ3v) is 4.64. The molecule has 1 N–H and O–H groups in total. The highest BCUT2D eigenvalue weighted by molar-refractivity contribution is 6.30. The van der Waals surface area contributed by atoms with E-state index in [-0.39, 0.29) is 11.5 Å². The molecule has 3 aromatic rings. The van der Waals surface area contributed by atoms with E-state index in [1.54, 1.807) is 18.2 Å². The van der Waals surface area contributed by atoms with E-state index < -0.39 is 0 Å². The van der Waals surface area contributed by atoms with Crippen LogP contribution >= 0.6 is 11.6 Å². The molecule has 0 atom stereocenters. The Kier molecular flexibility index (Phi) is 6.61. The highest BCUT2D eigenvalue weighted by Crippen LogP contribution is 2.18. The van der Waals surface area contributed by atoms with Crippen molar-refractivity contribution in [3.63, 3.8) is 0 Å². The van der Waals surface area contributed by atoms with Gasteiger partial charge >= 0.3 is 0 Å². The summed E-state index contributed by atoms with van der Waals surface area (Å²) in [5.41, 5.74) is 3.65. The molecule has 2 aromatic carbocycles. The van der Waals surface area contributed by atoms with Crippen molar-refractivity contribution in [3.8, 4) is 11.3 Å². The van der Waals surface area contributed by atoms with Gasteiger partial charge in [0.15, 0.2) is 0 Å². The third kappa shape index (κ3) is 5.54. The molecule has 1 heterocycles. The Morgan fingerprint density at radius 2 is 1.75 bits per heavy atom. The monoisotopic (exact) mass is 395 g/mol. The molecule has 1 aromatic heterocycles. The van der Waals surface area contributed by atoms with Gasteiger partial charge < -0.3 is 5.32 Å². The molecule has 0 saturated heterocycles. The summed E-state index contributed by atoms with van der Waals surface area (Å²) in [4.78, 5) is 24.1. The fraction of sp³-hybridized carbons (Fsp3) is 0.227. The Morgan fingerprint density at radius 3 is 2.46 bits per heavy atom. The van der Waals surface area contributed by atoms with Gasteiger partial charge in [-0.15, -0.1) is 0 Å². The number of hydrogen-bond donors (Lipinski definition) is 1. The standard InChI is InChI=1S/C22H22ClN3O2/c1-16-4-6-17(7-5-16)15-24-21(27)3-2-14-26-22(28)13-12-20(25-26)18-8-10-19(23)11-9-18/h4-13H,2-3,14-15H2,1H3,(H,24,27). The van der Waals surface area contributed by atoms with Crippen molar-refractivity contribution in [2.45, 2.75) is 32.9 Å². The number of aromatic nitrogens is 2. The van der Waals surface area contributed by atoms with E-state index in [4.69, 9.17) is 11.6 Å². The molecule has 0 unspecified atom stereocenters. The minimum atomic E-state index is -0.183. The second kappa shape index (κ2) is 9.33. The molecular formula is C22H22ClN3O2. The number of aryl methyl sites for hydroxylation is 2. The molecule has 0 aliphatic heterocycles. The number of carbonyl (C=O) groups excluding carboxylic acids is 1. The van der Waals surface area contributed by atoms with Crippen LogP contribution in [0.2, 0.25) is 5.02 Å². The first kappa shape index (κ1) is 19.8. The molecule has 3 rings (SSSR count). The summed E-state index contributed by atoms with van der Waals surface area (Å²) in [6, 6.07) is 18.5. The smallest absolute Gasteiger partial charge is 0.266 e. The van der Waals surface area contributed by atoms with Crippen molar-refractivity contribution >= 4 is 17.5 Å². The zero-order valence-electron chi connectivity index (χ0n) is 15.7. The second-order valence-corrected chi connectivity index (χ2v) is 7.09. The van der Waals surface area contributed by atoms with Crippen LogP contribution in [0.4, 0.5) is 0 Å². The third-order valence-electron chi connectivity index (χ3n) is 4.39. The summed E-state index contributed by atoms with van der Waals surface area (Å²) in [5, 5.41) is 7.95. The molecule has 0 aliphatic carbocycles. The molecule has 0 radical (unpaired) electrons. The van der Waals surface area contributed by atoms with E-state index in [2.05, 4.69) is 10.4 Å². The summed E-state index contributed by atoms with van der Waals surface area (Å²) in [5.74, 6) is -0.0394. The maximum Gasteiger partial charge on any atom is 0.266 e. The van der Waals surface area contributed by atoms with Crippen molar-refractivity contribution in [2.24, 2.45) is 0 Å². The van der Waals surface area contributed by atoms with Crippen LogP contribution in [-0.2, 0) is 17.9 Å². The lowest BCUT2D eigenvalue weighted by Crippen LogP contribution is -2.25. The number of hydrogen-bond acceptors (Lipinski definition) is 3. The Labute approximate surface area is 169 Å². The topological polar surface area (TPSA) is 64.0 Å². The molecule has 28 heavy (non-hydrogen) atoms. The van der Waals surface area contributed by atoms with Gasteiger partial charge in [0.1, 0.15) is 0 Å². The number of nitrogens with zero attached hydrogens (tertiary/aromatic N) is 2. The van der Waals surface area contributed by atoms with Crippen LogP contribution < -0.4 is 10.9 Å². The first-order valence-corrected chi connectivity index (χ1v) is 9.55. The van der Waals surface area contributed by atoms with Gasteiger partial charge in [0.2, 0.25) is 5.91 Å². The lowest BCUT2D eigenvalue weighted by atomic mass is 10.1. The summed E-state index contributed by atoms with van der Waals surface area (Å²) in [6.07, 6.45) is 0.877. The Bertz CT molecular complexity index is 996. The number of amides is 1. The van der Waals surface area contributed by atoms with E-state index in [1.165, 1.54) is 16.3 Å². The lowest BCUT2D eigenvalue weighted by Gasteiger charge is -2.08. The van der Waals surface area contributed by atoms with E-state index in [9.17, 15) is 9.59 Å². The maximum absolute atomic E-state index is 12.0. The van der Waals surface area contributed by atoms with Crippen LogP contribution in [-0.4, -0.2) is 15.7 Å². The minimum Gasteiger partial charge on any atom is -0.352 e. The van der Waals surface area contributed by atoms with Crippen LogP contribution in [0.25, 0.3) is 11.3 Å². The van der Waals surface area contributed by atoms with Gasteiger partial charge in [-0.25, -0.2) is 4.68 Å². The van der Waals surface area contributed by atoms with Crippen molar-refractivity contribution < 1.29 is 4.79 Å². The number of carbonyl (C=O) groups is 1. The maximum atomic E-state index is 12.0. The average Bonchev–Trinajstić information content (AvgIpc) is 2.70. The average molecular weight is 396 g/mol. The molecule has 1 amide bonds. The van der Waals surface area contributed by atoms with Gasteiger partial charge in [-0.05, 0) is 37.1 Å². The SMILES string of the molecule is Cc1ccc(CNC(=O)CCCn2nc(-c3ccc(Cl)cc3)ccc2=O)cc1. The van der Waals surface area contributed by atoms with Gasteiger partial charge in [0.05, 0.1) is 5.69 Å². The quantitative estimate of drug-likeness (QED) is 0.658. The van der Waals surface area contributed by atoms with Gasteiger partial charge in [-0.3, -0.25) is 9.59 Å². The molecule has 0 aliphatic rings. The largest absolute Gasteiger partial charge is 0.352 e. The zero-order chi connectivity index (χ0) is 19.9. The first-order valence-electron chi connectivity index (χ1n) is 9.17. The van der Waals surface area contributed by atoms with Crippen LogP contribution in [0.15, 0.2) is 65.5 Å². The van der Waals surface area contributed by atoms with Gasteiger partial charge in [-0.2, -0.15) is 5.10 Å². The molecule has 0 saturated carbocycles. The van der Waals surface area contributed by atoms with E-state index in [1.807, 2.05) is 43.3 Å². The highest BCUT2D eigenvalue weighted by atomic mass is 35.5. The van der Waals surface area contributed by atoms with Gasteiger partial charge in [0, 0.05) is 36.2 Å². The normalized spacial score (nSPS) is 10.6. The molecule has 5 nitrogen and oxygen atoms in total. The number of benzene rings is 2. The van der Waals surface area contributed by atoms with Crippen LogP contribution in [0.1, 0.15) is 24.0 Å². The van der Waals surface area contributed by atoms with Crippen LogP contribution in [0, 0.1) is 6.92 Å². The Morgan fingerprint density at radius 1 is 1.04 bits per heavy atom. The molecular weight excluding hydrogens is 374 g/mol. The fourth-order valence-corrected chi connectivity index (χ4v) is 2.89. The fourth-order valence-electron chi connectivity index (χ4n) is 2.77. The highest BCUT2D eigenvalue weighted by Gasteiger charge is 2.06. The molecule has 0 fully saturated rings. The van der Waals surface area contributed by atoms with Gasteiger partial charge in [-0.1, -0.05) is 53.6 Å². The Hall–Kier alpha value is -2.92. The van der Waals surface area contributed by atoms with E-state index >= 15 is 0 Å². The number of halogens is 1. The summed E-state index contributed by atoms with van der Waals surface area (Å²) < 4.78 is 1.40. The second-order valence-electron chi connectivity index (χ2n) is 6.65. The molecule has 0 spiro atoms. The first-order chi connectivity index (χ1) is 13.5. The molecule has 6 heteroatoms. The minimum absolute atomic E-state index is 0.0394. The van der Waals surface area contributed by atoms with Crippen molar-refractivity contribution in [2.75, 3.05) is 0 Å². The van der Waals surface area contributed by atoms with Gasteiger partial charge in [0.25, 0.3) is 5.56 Å². The summed E-state index contributed by atoms with van der Waals surface area (Å²) in [6.45, 7) is 2.92. The van der Waals surface area contributed by atoms with Crippen molar-refractivity contribution in [3.05, 3.63) is 87.2 Å². The molecule has 144 valence electrons. The van der Waals surface area contributed by atoms with E-state index in [0.29, 0.717) is 36.6 Å². The van der Waals surface area contributed by atoms with Crippen molar-refractivity contribution in [1.82, 2.24) is 15.1 Å². The zero-order valence-corrected chi connectivity index (χ0v) is 16.4. The molecule has 0 bridgehead atoms. The van der Waals surface area contributed by atoms with Crippen LogP contribution in [0.5, 0.6) is 0 Å². The summed E-state index contributed by atoms with van der Waals surface area (Å²) in [7, 11) is 0. The number of rotatable bonds is 7. The lowest BCUT2D eigenvalue weighted by molar-refractivity contribution is -0.121. The van der Waals surface area contributed by atoms with Crippen LogP contribution in [0.3, 0.4) is 0 Å². The Balaban J connectivity index is 1.53. The predicted octanol–water partition coefficient (Wildman–Crippen LogP) is 3.97. The summed E-state index contributed by atoms with van der Waals surface area (Å²) >= 11 is 5.91.